The summed E-state index contributed by atoms with van der Waals surface area (Å²) in [7, 11) is 1.19. The average Bonchev–Trinajstić information content (AvgIpc) is 3.59. The van der Waals surface area contributed by atoms with Crippen LogP contribution in [0.4, 0.5) is 0 Å². The van der Waals surface area contributed by atoms with E-state index in [0.29, 0.717) is 12.0 Å². The molecule has 4 heterocycles. The van der Waals surface area contributed by atoms with E-state index < -0.39 is 81.5 Å². The molecule has 11 heteroatoms. The zero-order valence-electron chi connectivity index (χ0n) is 22.7. The minimum atomic E-state index is -1.56. The SMILES string of the molecule is COC(=O)[C@H]1OC(=O)[C@@]2(C)[C@H]3O[C@]45CC(=O)O[C@@H](c6ccoc6)[C@]4(C)CC[C@]5(OC(C)=O)[C@H]3C(=O)C(C)(C)[C@H]12. The number of ether oxygens (including phenoxy) is 5. The maximum absolute atomic E-state index is 14.6. The highest BCUT2D eigenvalue weighted by Gasteiger charge is 2.88. The van der Waals surface area contributed by atoms with Crippen molar-refractivity contribution in [3.63, 3.8) is 0 Å². The van der Waals surface area contributed by atoms with Crippen LogP contribution in [0.3, 0.4) is 0 Å². The number of furan rings is 1. The topological polar surface area (TPSA) is 145 Å². The Kier molecular flexibility index (Phi) is 5.15. The third kappa shape index (κ3) is 2.79. The van der Waals surface area contributed by atoms with Crippen LogP contribution in [0.2, 0.25) is 0 Å². The Morgan fingerprint density at radius 1 is 1.05 bits per heavy atom. The Balaban J connectivity index is 1.59. The molecule has 11 nitrogen and oxygen atoms in total. The summed E-state index contributed by atoms with van der Waals surface area (Å²) >= 11 is 0. The van der Waals surface area contributed by atoms with Gasteiger partial charge in [-0.2, -0.15) is 0 Å². The van der Waals surface area contributed by atoms with E-state index in [4.69, 9.17) is 28.1 Å². The predicted octanol–water partition coefficient (Wildman–Crippen LogP) is 2.45. The van der Waals surface area contributed by atoms with Gasteiger partial charge < -0.3 is 28.1 Å². The molecule has 3 saturated heterocycles. The van der Waals surface area contributed by atoms with Gasteiger partial charge in [0.25, 0.3) is 0 Å². The Bertz CT molecular complexity index is 1300. The van der Waals surface area contributed by atoms with E-state index in [2.05, 4.69) is 0 Å². The molecule has 2 aliphatic carbocycles. The number of Topliss-reactive ketones (excluding diaryl/α,β-unsaturated/α-hetero) is 1. The summed E-state index contributed by atoms with van der Waals surface area (Å²) in [6.45, 7) is 8.09. The van der Waals surface area contributed by atoms with Crippen molar-refractivity contribution in [2.24, 2.45) is 28.1 Å². The number of esters is 4. The summed E-state index contributed by atoms with van der Waals surface area (Å²) in [6, 6.07) is 1.69. The van der Waals surface area contributed by atoms with Gasteiger partial charge in [-0.15, -0.1) is 0 Å². The van der Waals surface area contributed by atoms with Gasteiger partial charge in [0.15, 0.2) is 5.60 Å². The third-order valence-electron chi connectivity index (χ3n) is 10.5. The molecular formula is C28H32O11. The van der Waals surface area contributed by atoms with Crippen molar-refractivity contribution < 1.29 is 52.1 Å². The van der Waals surface area contributed by atoms with Crippen molar-refractivity contribution in [2.45, 2.75) is 83.4 Å². The van der Waals surface area contributed by atoms with Crippen LogP contribution < -0.4 is 0 Å². The normalized spacial score (nSPS) is 45.4. The smallest absolute Gasteiger partial charge is 0.347 e. The van der Waals surface area contributed by atoms with Gasteiger partial charge in [0, 0.05) is 29.2 Å². The molecule has 210 valence electrons. The van der Waals surface area contributed by atoms with Gasteiger partial charge >= 0.3 is 23.9 Å². The average molecular weight is 545 g/mol. The summed E-state index contributed by atoms with van der Waals surface area (Å²) in [4.78, 5) is 67.0. The lowest BCUT2D eigenvalue weighted by molar-refractivity contribution is -0.250. The molecule has 0 bridgehead atoms. The fourth-order valence-corrected chi connectivity index (χ4v) is 8.90. The van der Waals surface area contributed by atoms with E-state index in [0.717, 1.165) is 0 Å². The van der Waals surface area contributed by atoms with Crippen LogP contribution in [0.5, 0.6) is 0 Å². The fraction of sp³-hybridized carbons (Fsp3) is 0.679. The van der Waals surface area contributed by atoms with Crippen molar-refractivity contribution in [3.05, 3.63) is 24.2 Å². The molecule has 0 unspecified atom stereocenters. The first-order valence-corrected chi connectivity index (χ1v) is 13.1. The molecule has 3 aliphatic heterocycles. The van der Waals surface area contributed by atoms with Gasteiger partial charge in [-0.3, -0.25) is 19.2 Å². The Morgan fingerprint density at radius 2 is 1.77 bits per heavy atom. The minimum absolute atomic E-state index is 0.202. The predicted molar refractivity (Wildman–Crippen MR) is 127 cm³/mol. The van der Waals surface area contributed by atoms with Gasteiger partial charge in [-0.1, -0.05) is 20.8 Å². The fourth-order valence-electron chi connectivity index (χ4n) is 8.90. The molecule has 1 aromatic heterocycles. The molecule has 0 radical (unpaired) electrons. The molecule has 5 fully saturated rings. The van der Waals surface area contributed by atoms with Crippen molar-refractivity contribution in [1.82, 2.24) is 0 Å². The van der Waals surface area contributed by atoms with Gasteiger partial charge in [0.1, 0.15) is 22.9 Å². The molecule has 2 saturated carbocycles. The quantitative estimate of drug-likeness (QED) is 0.409. The third-order valence-corrected chi connectivity index (χ3v) is 10.5. The largest absolute Gasteiger partial charge is 0.472 e. The lowest BCUT2D eigenvalue weighted by atomic mass is 9.48. The highest BCUT2D eigenvalue weighted by atomic mass is 16.6. The summed E-state index contributed by atoms with van der Waals surface area (Å²) in [5.74, 6) is -5.06. The van der Waals surface area contributed by atoms with Crippen LogP contribution in [-0.2, 0) is 47.7 Å². The monoisotopic (exact) mass is 544 g/mol. The van der Waals surface area contributed by atoms with E-state index in [1.807, 2.05) is 6.92 Å². The number of rotatable bonds is 3. The van der Waals surface area contributed by atoms with E-state index in [1.54, 1.807) is 26.8 Å². The molecule has 9 atom stereocenters. The second-order valence-corrected chi connectivity index (χ2v) is 12.5. The summed E-state index contributed by atoms with van der Waals surface area (Å²) in [5, 5.41) is 0. The summed E-state index contributed by atoms with van der Waals surface area (Å²) in [5.41, 5.74) is -6.19. The van der Waals surface area contributed by atoms with Crippen LogP contribution in [0.15, 0.2) is 23.0 Å². The molecule has 5 aliphatic rings. The number of hydrogen-bond donors (Lipinski definition) is 0. The molecule has 39 heavy (non-hydrogen) atoms. The number of ketones is 1. The van der Waals surface area contributed by atoms with E-state index in [9.17, 15) is 24.0 Å². The summed E-state index contributed by atoms with van der Waals surface area (Å²) in [6.07, 6.45) is -0.0152. The van der Waals surface area contributed by atoms with Crippen LogP contribution in [-0.4, -0.2) is 60.2 Å². The highest BCUT2D eigenvalue weighted by molar-refractivity contribution is 5.98. The Hall–Kier alpha value is -3.21. The minimum Gasteiger partial charge on any atom is -0.472 e. The number of hydrogen-bond acceptors (Lipinski definition) is 11. The lowest BCUT2D eigenvalue weighted by Crippen LogP contribution is -2.67. The second kappa shape index (κ2) is 7.71. The molecule has 1 aromatic rings. The number of carbonyl (C=O) groups excluding carboxylic acids is 5. The zero-order chi connectivity index (χ0) is 28.3. The molecule has 0 aromatic carbocycles. The lowest BCUT2D eigenvalue weighted by Gasteiger charge is -2.52. The van der Waals surface area contributed by atoms with Crippen LogP contribution in [0, 0.1) is 28.1 Å². The van der Waals surface area contributed by atoms with Gasteiger partial charge in [-0.05, 0) is 25.8 Å². The summed E-state index contributed by atoms with van der Waals surface area (Å²) < 4.78 is 34.7. The second-order valence-electron chi connectivity index (χ2n) is 12.5. The number of methoxy groups -OCH3 is 1. The Labute approximate surface area is 224 Å². The maximum Gasteiger partial charge on any atom is 0.347 e. The van der Waals surface area contributed by atoms with Crippen molar-refractivity contribution in [2.75, 3.05) is 7.11 Å². The Morgan fingerprint density at radius 3 is 2.38 bits per heavy atom. The van der Waals surface area contributed by atoms with Crippen molar-refractivity contribution in [1.29, 1.82) is 0 Å². The van der Waals surface area contributed by atoms with Gasteiger partial charge in [0.05, 0.1) is 38.1 Å². The molecule has 1 spiro atoms. The molecular weight excluding hydrogens is 512 g/mol. The number of carbonyl (C=O) groups is 5. The first-order valence-electron chi connectivity index (χ1n) is 13.1. The van der Waals surface area contributed by atoms with Crippen molar-refractivity contribution >= 4 is 29.7 Å². The van der Waals surface area contributed by atoms with Crippen LogP contribution in [0.1, 0.15) is 65.5 Å². The van der Waals surface area contributed by atoms with Crippen molar-refractivity contribution in [3.8, 4) is 0 Å². The zero-order valence-corrected chi connectivity index (χ0v) is 22.7. The molecule has 0 amide bonds. The maximum atomic E-state index is 14.6. The highest BCUT2D eigenvalue weighted by Crippen LogP contribution is 2.75. The van der Waals surface area contributed by atoms with E-state index in [1.165, 1.54) is 26.6 Å². The van der Waals surface area contributed by atoms with Gasteiger partial charge in [-0.25, -0.2) is 4.79 Å². The molecule has 6 rings (SSSR count). The molecule has 0 N–H and O–H groups in total. The van der Waals surface area contributed by atoms with E-state index in [-0.39, 0.29) is 18.6 Å². The van der Waals surface area contributed by atoms with E-state index >= 15 is 0 Å². The van der Waals surface area contributed by atoms with Crippen LogP contribution >= 0.6 is 0 Å². The first-order chi connectivity index (χ1) is 18.2. The first kappa shape index (κ1) is 26.0. The number of fused-ring (bicyclic) bond motifs is 4. The standard InChI is InChI=1S/C28H32O11/c1-13(29)38-27-9-8-25(4)20(14-7-10-35-12-14)36-15(30)11-28(25,27)39-21-16(27)19(31)24(2,3)18-17(22(32)34-6)37-23(33)26(18,21)5/h7,10,12,16-18,20-21H,8-9,11H2,1-6H3/t16-,17-,18-,20-,21-,25-,26+,27-,28+/m0/s1. The van der Waals surface area contributed by atoms with Crippen LogP contribution in [0.25, 0.3) is 0 Å². The number of cyclic esters (lactones) is 2. The van der Waals surface area contributed by atoms with Gasteiger partial charge in [0.2, 0.25) is 6.10 Å².